The van der Waals surface area contributed by atoms with Crippen molar-refractivity contribution in [1.82, 2.24) is 0 Å². The number of aliphatic hydroxyl groups excluding tert-OH is 3. The van der Waals surface area contributed by atoms with E-state index in [1.165, 1.54) is 19.8 Å². The maximum absolute atomic E-state index is 12.7. The molecule has 44 heavy (non-hydrogen) atoms. The maximum Gasteiger partial charge on any atom is 0.302 e. The molecule has 250 valence electrons. The van der Waals surface area contributed by atoms with Crippen LogP contribution in [0.3, 0.4) is 0 Å². The van der Waals surface area contributed by atoms with E-state index in [1.54, 1.807) is 0 Å². The van der Waals surface area contributed by atoms with Gasteiger partial charge in [-0.25, -0.2) is 0 Å². The van der Waals surface area contributed by atoms with Gasteiger partial charge in [-0.3, -0.25) is 4.79 Å². The standard InChI is InChI=1S/C35H56O9/c1-8-40-25-13-18(2)26-22(43-25)15-33(7)23-14-21(42-19(3)36)29-31(4,5)24(44-30-28(39)27(38)20(37)16-41-30)9-10-35(29)17-34(23,35)12-11-32(26,33)6/h18,20-30,37-39H,8-17H2,1-7H3/t18-,20-,21+,22+,23+,24+,25-,26-,27+,28-,29+,30+,32-,33+,34+,35-/m1/s1. The molecule has 5 aliphatic carbocycles. The third-order valence-corrected chi connectivity index (χ3v) is 14.9. The van der Waals surface area contributed by atoms with E-state index in [4.69, 9.17) is 23.7 Å². The Kier molecular flexibility index (Phi) is 7.47. The molecule has 2 aliphatic heterocycles. The molecule has 9 heteroatoms. The summed E-state index contributed by atoms with van der Waals surface area (Å²) in [6, 6.07) is 0. The van der Waals surface area contributed by atoms with Crippen molar-refractivity contribution in [1.29, 1.82) is 0 Å². The normalized spacial score (nSPS) is 57.2. The first kappa shape index (κ1) is 31.8. The van der Waals surface area contributed by atoms with E-state index in [2.05, 4.69) is 34.6 Å². The zero-order valence-electron chi connectivity index (χ0n) is 27.8. The van der Waals surface area contributed by atoms with Gasteiger partial charge in [-0.1, -0.05) is 34.6 Å². The van der Waals surface area contributed by atoms with Crippen molar-refractivity contribution in [3.05, 3.63) is 0 Å². The molecular weight excluding hydrogens is 564 g/mol. The molecule has 2 spiro atoms. The summed E-state index contributed by atoms with van der Waals surface area (Å²) in [5.41, 5.74) is 0.126. The minimum atomic E-state index is -1.33. The number of carbonyl (C=O) groups excluding carboxylic acids is 1. The fourth-order valence-electron chi connectivity index (χ4n) is 13.2. The topological polar surface area (TPSA) is 124 Å². The first-order chi connectivity index (χ1) is 20.6. The zero-order chi connectivity index (χ0) is 31.6. The number of esters is 1. The lowest BCUT2D eigenvalue weighted by Gasteiger charge is -2.64. The van der Waals surface area contributed by atoms with Crippen LogP contribution in [0.25, 0.3) is 0 Å². The van der Waals surface area contributed by atoms with Gasteiger partial charge in [0.15, 0.2) is 12.6 Å². The molecule has 0 aromatic carbocycles. The fourth-order valence-corrected chi connectivity index (χ4v) is 13.2. The van der Waals surface area contributed by atoms with Gasteiger partial charge in [0, 0.05) is 25.9 Å². The summed E-state index contributed by atoms with van der Waals surface area (Å²) in [5.74, 6) is 1.34. The average molecular weight is 621 g/mol. The highest BCUT2D eigenvalue weighted by atomic mass is 16.7. The lowest BCUT2D eigenvalue weighted by molar-refractivity contribution is -0.307. The number of fused-ring (bicyclic) bond motifs is 4. The minimum absolute atomic E-state index is 0.0668. The summed E-state index contributed by atoms with van der Waals surface area (Å²) in [7, 11) is 0. The second kappa shape index (κ2) is 10.3. The van der Waals surface area contributed by atoms with Crippen molar-refractivity contribution >= 4 is 5.97 Å². The lowest BCUT2D eigenvalue weighted by atomic mass is 9.41. The lowest BCUT2D eigenvalue weighted by Crippen LogP contribution is -2.63. The molecule has 2 saturated heterocycles. The predicted octanol–water partition coefficient (Wildman–Crippen LogP) is 4.19. The van der Waals surface area contributed by atoms with Crippen molar-refractivity contribution in [3.63, 3.8) is 0 Å². The number of ether oxygens (including phenoxy) is 5. The molecule has 0 unspecified atom stereocenters. The molecule has 16 atom stereocenters. The Morgan fingerprint density at radius 3 is 2.43 bits per heavy atom. The summed E-state index contributed by atoms with van der Waals surface area (Å²) in [4.78, 5) is 12.7. The molecular formula is C35H56O9. The van der Waals surface area contributed by atoms with Gasteiger partial charge in [-0.05, 0) is 96.7 Å². The Hall–Kier alpha value is -0.810. The van der Waals surface area contributed by atoms with E-state index >= 15 is 0 Å². The Labute approximate surface area is 262 Å². The molecule has 0 aromatic rings. The van der Waals surface area contributed by atoms with Gasteiger partial charge in [0.2, 0.25) is 0 Å². The second-order valence-corrected chi connectivity index (χ2v) is 17.0. The molecule has 7 aliphatic rings. The van der Waals surface area contributed by atoms with Gasteiger partial charge < -0.3 is 39.0 Å². The molecule has 3 N–H and O–H groups in total. The van der Waals surface area contributed by atoms with E-state index in [0.29, 0.717) is 24.4 Å². The summed E-state index contributed by atoms with van der Waals surface area (Å²) in [6.45, 7) is 16.1. The predicted molar refractivity (Wildman–Crippen MR) is 160 cm³/mol. The monoisotopic (exact) mass is 620 g/mol. The fraction of sp³-hybridized carbons (Fsp3) is 0.971. The van der Waals surface area contributed by atoms with Crippen molar-refractivity contribution < 1.29 is 43.8 Å². The summed E-state index contributed by atoms with van der Waals surface area (Å²) in [5, 5.41) is 30.9. The molecule has 0 aromatic heterocycles. The molecule has 7 rings (SSSR count). The summed E-state index contributed by atoms with van der Waals surface area (Å²) >= 11 is 0. The molecule has 0 radical (unpaired) electrons. The van der Waals surface area contributed by atoms with Crippen LogP contribution in [-0.2, 0) is 28.5 Å². The molecule has 0 bridgehead atoms. The van der Waals surface area contributed by atoms with E-state index in [9.17, 15) is 20.1 Å². The largest absolute Gasteiger partial charge is 0.462 e. The van der Waals surface area contributed by atoms with E-state index in [-0.39, 0.29) is 70.2 Å². The molecule has 7 fully saturated rings. The van der Waals surface area contributed by atoms with Gasteiger partial charge in [0.1, 0.15) is 24.4 Å². The van der Waals surface area contributed by atoms with Crippen molar-refractivity contribution in [2.75, 3.05) is 13.2 Å². The van der Waals surface area contributed by atoms with Crippen LogP contribution in [0, 0.1) is 50.7 Å². The third kappa shape index (κ3) is 4.11. The number of rotatable bonds is 5. The third-order valence-electron chi connectivity index (χ3n) is 14.9. The Morgan fingerprint density at radius 2 is 1.73 bits per heavy atom. The van der Waals surface area contributed by atoms with E-state index in [1.807, 2.05) is 6.92 Å². The van der Waals surface area contributed by atoms with Crippen molar-refractivity contribution in [2.24, 2.45) is 50.7 Å². The Bertz CT molecular complexity index is 1150. The number of carbonyl (C=O) groups is 1. The van der Waals surface area contributed by atoms with E-state index < -0.39 is 24.6 Å². The van der Waals surface area contributed by atoms with Crippen LogP contribution in [0.1, 0.15) is 99.8 Å². The van der Waals surface area contributed by atoms with Crippen LogP contribution < -0.4 is 0 Å². The van der Waals surface area contributed by atoms with Crippen molar-refractivity contribution in [2.45, 2.75) is 149 Å². The highest BCUT2D eigenvalue weighted by Crippen LogP contribution is 2.89. The zero-order valence-corrected chi connectivity index (χ0v) is 27.8. The number of aliphatic hydroxyl groups is 3. The average Bonchev–Trinajstić information content (AvgIpc) is 3.52. The first-order valence-corrected chi connectivity index (χ1v) is 17.4. The highest BCUT2D eigenvalue weighted by molar-refractivity contribution is 5.66. The molecule has 2 heterocycles. The Balaban J connectivity index is 1.20. The van der Waals surface area contributed by atoms with Crippen LogP contribution in [0.15, 0.2) is 0 Å². The SMILES string of the molecule is CCO[C@H]1C[C@@H](C)[C@@H]2[C@H](C[C@@]3(C)[C@@H]4C[C@H](OC(C)=O)[C@H]5C(C)(C)[C@@H](O[C@@H]6OC[C@@H](O)[C@H](O)[C@H]6O)CC[C@@]56C[C@@]46CC[C@]23C)O1. The van der Waals surface area contributed by atoms with Crippen molar-refractivity contribution in [3.8, 4) is 0 Å². The van der Waals surface area contributed by atoms with E-state index in [0.717, 1.165) is 38.5 Å². The molecule has 9 nitrogen and oxygen atoms in total. The molecule has 0 amide bonds. The van der Waals surface area contributed by atoms with Crippen LogP contribution in [-0.4, -0.2) is 83.7 Å². The second-order valence-electron chi connectivity index (χ2n) is 17.0. The Morgan fingerprint density at radius 1 is 0.977 bits per heavy atom. The van der Waals surface area contributed by atoms with Gasteiger partial charge in [0.05, 0.1) is 18.8 Å². The van der Waals surface area contributed by atoms with Crippen LogP contribution >= 0.6 is 0 Å². The summed E-state index contributed by atoms with van der Waals surface area (Å²) in [6.07, 6.45) is 2.98. The van der Waals surface area contributed by atoms with Crippen LogP contribution in [0.4, 0.5) is 0 Å². The minimum Gasteiger partial charge on any atom is -0.462 e. The molecule has 5 saturated carbocycles. The van der Waals surface area contributed by atoms with Gasteiger partial charge in [0.25, 0.3) is 0 Å². The van der Waals surface area contributed by atoms with Gasteiger partial charge in [-0.15, -0.1) is 0 Å². The van der Waals surface area contributed by atoms with Crippen LogP contribution in [0.5, 0.6) is 0 Å². The maximum atomic E-state index is 12.7. The summed E-state index contributed by atoms with van der Waals surface area (Å²) < 4.78 is 31.2. The van der Waals surface area contributed by atoms with Gasteiger partial charge in [-0.2, -0.15) is 0 Å². The highest BCUT2D eigenvalue weighted by Gasteiger charge is 2.85. The quantitative estimate of drug-likeness (QED) is 0.307. The number of hydrogen-bond acceptors (Lipinski definition) is 9. The number of hydrogen-bond donors (Lipinski definition) is 3. The van der Waals surface area contributed by atoms with Crippen LogP contribution in [0.2, 0.25) is 0 Å². The first-order valence-electron chi connectivity index (χ1n) is 17.4. The van der Waals surface area contributed by atoms with Gasteiger partial charge >= 0.3 is 5.97 Å². The smallest absolute Gasteiger partial charge is 0.302 e.